The number of benzene rings is 2. The fourth-order valence-electron chi connectivity index (χ4n) is 1.96. The number of methoxy groups -OCH3 is 1. The van der Waals surface area contributed by atoms with Crippen LogP contribution in [0.4, 0.5) is 0 Å². The molecule has 2 rings (SSSR count). The standard InChI is InChI=1S/C14H14O6S.H3N/c1-20-12-8-11(15)10(7-13(12)21(17,18)19)14(16)9-5-3-2-4-6-9;/h2-8,14-16H,1H3,(H,17,18,19);1H3. The van der Waals surface area contributed by atoms with Crippen molar-refractivity contribution in [2.45, 2.75) is 11.0 Å². The fraction of sp³-hybridized carbons (Fsp3) is 0.143. The number of hydrogen-bond donors (Lipinski definition) is 4. The van der Waals surface area contributed by atoms with E-state index in [-0.39, 0.29) is 23.2 Å². The van der Waals surface area contributed by atoms with Crippen molar-refractivity contribution in [2.24, 2.45) is 0 Å². The Kier molecular flexibility index (Phi) is 5.50. The van der Waals surface area contributed by atoms with E-state index in [0.29, 0.717) is 5.56 Å². The van der Waals surface area contributed by atoms with Gasteiger partial charge < -0.3 is 21.1 Å². The van der Waals surface area contributed by atoms with E-state index in [1.807, 2.05) is 0 Å². The van der Waals surface area contributed by atoms with E-state index in [2.05, 4.69) is 0 Å². The van der Waals surface area contributed by atoms with Gasteiger partial charge in [-0.1, -0.05) is 30.3 Å². The van der Waals surface area contributed by atoms with Crippen molar-refractivity contribution in [3.63, 3.8) is 0 Å². The summed E-state index contributed by atoms with van der Waals surface area (Å²) >= 11 is 0. The van der Waals surface area contributed by atoms with Gasteiger partial charge >= 0.3 is 0 Å². The molecule has 7 nitrogen and oxygen atoms in total. The van der Waals surface area contributed by atoms with Gasteiger partial charge in [-0.25, -0.2) is 0 Å². The Morgan fingerprint density at radius 3 is 2.23 bits per heavy atom. The molecule has 0 aromatic heterocycles. The van der Waals surface area contributed by atoms with E-state index in [1.54, 1.807) is 30.3 Å². The minimum Gasteiger partial charge on any atom is -0.507 e. The summed E-state index contributed by atoms with van der Waals surface area (Å²) in [6, 6.07) is 10.4. The Morgan fingerprint density at radius 2 is 1.73 bits per heavy atom. The van der Waals surface area contributed by atoms with E-state index >= 15 is 0 Å². The number of phenolic OH excluding ortho intramolecular Hbond substituents is 1. The molecule has 0 aliphatic carbocycles. The fourth-order valence-corrected chi connectivity index (χ4v) is 2.63. The Hall–Kier alpha value is -2.13. The molecular formula is C14H17NO6S. The summed E-state index contributed by atoms with van der Waals surface area (Å²) in [6.45, 7) is 0. The maximum absolute atomic E-state index is 11.3. The monoisotopic (exact) mass is 327 g/mol. The van der Waals surface area contributed by atoms with Crippen molar-refractivity contribution >= 4 is 10.1 Å². The Bertz CT molecular complexity index is 745. The second-order valence-corrected chi connectivity index (χ2v) is 5.74. The molecule has 120 valence electrons. The Morgan fingerprint density at radius 1 is 1.14 bits per heavy atom. The minimum atomic E-state index is -4.55. The number of aliphatic hydroxyl groups excluding tert-OH is 1. The smallest absolute Gasteiger partial charge is 0.298 e. The van der Waals surface area contributed by atoms with Gasteiger partial charge in [0.2, 0.25) is 0 Å². The molecule has 8 heteroatoms. The molecule has 0 heterocycles. The van der Waals surface area contributed by atoms with Crippen LogP contribution in [0.15, 0.2) is 47.4 Å². The molecule has 1 unspecified atom stereocenters. The summed E-state index contributed by atoms with van der Waals surface area (Å²) in [7, 11) is -3.34. The van der Waals surface area contributed by atoms with Gasteiger partial charge in [0.1, 0.15) is 22.5 Å². The zero-order chi connectivity index (χ0) is 15.6. The molecule has 0 radical (unpaired) electrons. The molecule has 0 spiro atoms. The number of ether oxygens (including phenoxy) is 1. The molecule has 0 saturated carbocycles. The van der Waals surface area contributed by atoms with Crippen LogP contribution in [-0.4, -0.2) is 30.3 Å². The average Bonchev–Trinajstić information content (AvgIpc) is 2.45. The molecule has 2 aromatic rings. The molecule has 0 amide bonds. The van der Waals surface area contributed by atoms with Crippen LogP contribution in [0.5, 0.6) is 11.5 Å². The highest BCUT2D eigenvalue weighted by Gasteiger charge is 2.23. The predicted octanol–water partition coefficient (Wildman–Crippen LogP) is 1.89. The van der Waals surface area contributed by atoms with Crippen molar-refractivity contribution in [2.75, 3.05) is 7.11 Å². The number of rotatable bonds is 4. The number of hydrogen-bond acceptors (Lipinski definition) is 6. The van der Waals surface area contributed by atoms with Crippen LogP contribution in [0, 0.1) is 0 Å². The predicted molar refractivity (Wildman–Crippen MR) is 80.0 cm³/mol. The molecule has 0 saturated heterocycles. The molecular weight excluding hydrogens is 310 g/mol. The maximum Gasteiger partial charge on any atom is 0.298 e. The lowest BCUT2D eigenvalue weighted by atomic mass is 10.0. The highest BCUT2D eigenvalue weighted by Crippen LogP contribution is 2.36. The second kappa shape index (κ2) is 6.75. The van der Waals surface area contributed by atoms with Gasteiger partial charge in [-0.2, -0.15) is 8.42 Å². The van der Waals surface area contributed by atoms with E-state index < -0.39 is 21.1 Å². The molecule has 1 atom stereocenters. The molecule has 0 aliphatic heterocycles. The van der Waals surface area contributed by atoms with Crippen LogP contribution in [0.3, 0.4) is 0 Å². The first-order valence-corrected chi connectivity index (χ1v) is 7.40. The molecule has 0 bridgehead atoms. The van der Waals surface area contributed by atoms with Crippen LogP contribution >= 0.6 is 0 Å². The van der Waals surface area contributed by atoms with Crippen molar-refractivity contribution in [1.29, 1.82) is 0 Å². The summed E-state index contributed by atoms with van der Waals surface area (Å²) < 4.78 is 36.7. The highest BCUT2D eigenvalue weighted by atomic mass is 32.2. The largest absolute Gasteiger partial charge is 0.507 e. The summed E-state index contributed by atoms with van der Waals surface area (Å²) in [5.74, 6) is -0.547. The van der Waals surface area contributed by atoms with Gasteiger partial charge in [-0.3, -0.25) is 4.55 Å². The van der Waals surface area contributed by atoms with Crippen molar-refractivity contribution < 1.29 is 27.9 Å². The highest BCUT2D eigenvalue weighted by molar-refractivity contribution is 7.86. The van der Waals surface area contributed by atoms with Crippen molar-refractivity contribution in [3.05, 3.63) is 53.6 Å². The SMILES string of the molecule is COc1cc(O)c(C(O)c2ccccc2)cc1S(=O)(=O)O.N. The van der Waals surface area contributed by atoms with E-state index in [9.17, 15) is 23.2 Å². The average molecular weight is 327 g/mol. The Balaban J connectivity index is 0.00000242. The molecule has 6 N–H and O–H groups in total. The van der Waals surface area contributed by atoms with Crippen molar-refractivity contribution in [1.82, 2.24) is 6.15 Å². The van der Waals surface area contributed by atoms with Crippen LogP contribution in [-0.2, 0) is 10.1 Å². The third-order valence-electron chi connectivity index (χ3n) is 3.00. The summed E-state index contributed by atoms with van der Waals surface area (Å²) in [5, 5.41) is 20.2. The summed E-state index contributed by atoms with van der Waals surface area (Å²) in [6.07, 6.45) is -1.24. The van der Waals surface area contributed by atoms with Gasteiger partial charge in [-0.15, -0.1) is 0 Å². The van der Waals surface area contributed by atoms with E-state index in [1.165, 1.54) is 7.11 Å². The van der Waals surface area contributed by atoms with Crippen LogP contribution in [0.1, 0.15) is 17.2 Å². The number of aromatic hydroxyl groups is 1. The molecule has 22 heavy (non-hydrogen) atoms. The summed E-state index contributed by atoms with van der Waals surface area (Å²) in [4.78, 5) is -0.521. The zero-order valence-electron chi connectivity index (χ0n) is 11.8. The lowest BCUT2D eigenvalue weighted by molar-refractivity contribution is 0.215. The lowest BCUT2D eigenvalue weighted by Crippen LogP contribution is -2.06. The first-order valence-electron chi connectivity index (χ1n) is 5.96. The molecule has 0 aliphatic rings. The summed E-state index contributed by atoms with van der Waals surface area (Å²) in [5.41, 5.74) is 0.425. The maximum atomic E-state index is 11.3. The van der Waals surface area contributed by atoms with Gasteiger partial charge in [0.15, 0.2) is 0 Å². The van der Waals surface area contributed by atoms with E-state index in [0.717, 1.165) is 12.1 Å². The first kappa shape index (κ1) is 17.9. The molecule has 2 aromatic carbocycles. The van der Waals surface area contributed by atoms with Crippen molar-refractivity contribution in [3.8, 4) is 11.5 Å². The molecule has 0 fully saturated rings. The van der Waals surface area contributed by atoms with E-state index in [4.69, 9.17) is 4.74 Å². The zero-order valence-corrected chi connectivity index (χ0v) is 12.6. The third-order valence-corrected chi connectivity index (χ3v) is 3.88. The van der Waals surface area contributed by atoms with Gasteiger partial charge in [0, 0.05) is 11.6 Å². The third kappa shape index (κ3) is 3.55. The second-order valence-electron chi connectivity index (χ2n) is 4.35. The van der Waals surface area contributed by atoms with Crippen LogP contribution < -0.4 is 10.9 Å². The van der Waals surface area contributed by atoms with Crippen LogP contribution in [0.2, 0.25) is 0 Å². The Labute approximate surface area is 128 Å². The minimum absolute atomic E-state index is 0. The normalized spacial score (nSPS) is 12.3. The van der Waals surface area contributed by atoms with Gasteiger partial charge in [0.25, 0.3) is 10.1 Å². The quantitative estimate of drug-likeness (QED) is 0.629. The first-order chi connectivity index (χ1) is 9.84. The topological polar surface area (TPSA) is 139 Å². The number of aliphatic hydroxyl groups is 1. The lowest BCUT2D eigenvalue weighted by Gasteiger charge is -2.16. The van der Waals surface area contributed by atoms with Gasteiger partial charge in [0.05, 0.1) is 7.11 Å². The van der Waals surface area contributed by atoms with Crippen LogP contribution in [0.25, 0.3) is 0 Å². The van der Waals surface area contributed by atoms with Gasteiger partial charge in [-0.05, 0) is 11.6 Å². The number of phenols is 1.